The van der Waals surface area contributed by atoms with E-state index >= 15 is 0 Å². The molecule has 20 heavy (non-hydrogen) atoms. The molecule has 0 aliphatic rings. The number of hydrogen-bond acceptors (Lipinski definition) is 3. The van der Waals surface area contributed by atoms with Gasteiger partial charge in [-0.05, 0) is 34.1 Å². The molecule has 0 radical (unpaired) electrons. The Balaban J connectivity index is 2.38. The number of alkyl halides is 1. The number of hydrogen-bond donors (Lipinski definition) is 0. The second-order valence-corrected chi connectivity index (χ2v) is 5.31. The Labute approximate surface area is 128 Å². The lowest BCUT2D eigenvalue weighted by molar-refractivity contribution is 0.966. The summed E-state index contributed by atoms with van der Waals surface area (Å²) in [5, 5.41) is 9.25. The van der Waals surface area contributed by atoms with Crippen molar-refractivity contribution in [1.29, 1.82) is 5.26 Å². The van der Waals surface area contributed by atoms with Gasteiger partial charge in [0.2, 0.25) is 0 Å². The van der Waals surface area contributed by atoms with Crippen LogP contribution in [0, 0.1) is 11.3 Å². The zero-order chi connectivity index (χ0) is 14.1. The Morgan fingerprint density at radius 3 is 2.90 bits per heavy atom. The van der Waals surface area contributed by atoms with E-state index in [1.807, 2.05) is 28.8 Å². The molecular weight excluding hydrogens is 340 g/mol. The molecule has 0 bridgehead atoms. The quantitative estimate of drug-likeness (QED) is 0.663. The molecule has 0 fully saturated rings. The lowest BCUT2D eigenvalue weighted by Gasteiger charge is -2.08. The molecule has 1 aromatic carbocycles. The highest BCUT2D eigenvalue weighted by Crippen LogP contribution is 2.25. The van der Waals surface area contributed by atoms with E-state index in [0.29, 0.717) is 17.0 Å². The van der Waals surface area contributed by atoms with Gasteiger partial charge in [0.15, 0.2) is 5.65 Å². The lowest BCUT2D eigenvalue weighted by atomic mass is 10.2. The van der Waals surface area contributed by atoms with Crippen molar-refractivity contribution < 1.29 is 0 Å². The Bertz CT molecular complexity index is 835. The van der Waals surface area contributed by atoms with Crippen LogP contribution in [-0.2, 0) is 5.88 Å². The van der Waals surface area contributed by atoms with Crippen molar-refractivity contribution in [1.82, 2.24) is 14.5 Å². The van der Waals surface area contributed by atoms with E-state index in [1.165, 1.54) is 0 Å². The number of benzene rings is 1. The maximum Gasteiger partial charge on any atom is 0.164 e. The number of nitrogens with zero attached hydrogens (tertiary/aromatic N) is 4. The van der Waals surface area contributed by atoms with Crippen molar-refractivity contribution in [3.8, 4) is 11.8 Å². The monoisotopic (exact) mass is 346 g/mol. The first-order chi connectivity index (χ1) is 9.74. The highest BCUT2D eigenvalue weighted by molar-refractivity contribution is 9.10. The molecule has 3 rings (SSSR count). The number of nitriles is 1. The Hall–Kier alpha value is -1.90. The fraction of sp³-hybridized carbons (Fsp3) is 0.0714. The van der Waals surface area contributed by atoms with Gasteiger partial charge in [-0.2, -0.15) is 5.26 Å². The number of pyridine rings is 1. The van der Waals surface area contributed by atoms with Gasteiger partial charge in [0.05, 0.1) is 17.1 Å². The van der Waals surface area contributed by atoms with Crippen LogP contribution in [-0.4, -0.2) is 14.5 Å². The van der Waals surface area contributed by atoms with E-state index in [2.05, 4.69) is 32.0 Å². The first kappa shape index (κ1) is 13.1. The minimum absolute atomic E-state index is 0.244. The van der Waals surface area contributed by atoms with E-state index in [9.17, 15) is 5.26 Å². The van der Waals surface area contributed by atoms with Crippen molar-refractivity contribution in [3.05, 3.63) is 52.4 Å². The van der Waals surface area contributed by atoms with Crippen LogP contribution in [0.2, 0.25) is 0 Å². The molecule has 2 heterocycles. The van der Waals surface area contributed by atoms with Crippen LogP contribution < -0.4 is 0 Å². The molecule has 0 atom stereocenters. The molecule has 0 N–H and O–H groups in total. The highest BCUT2D eigenvalue weighted by atomic mass is 79.9. The van der Waals surface area contributed by atoms with Gasteiger partial charge in [-0.3, -0.25) is 4.57 Å². The van der Waals surface area contributed by atoms with Crippen LogP contribution in [0.25, 0.3) is 16.9 Å². The number of imidazole rings is 1. The van der Waals surface area contributed by atoms with Gasteiger partial charge < -0.3 is 0 Å². The summed E-state index contributed by atoms with van der Waals surface area (Å²) in [5.74, 6) is 0.906. The third kappa shape index (κ3) is 2.07. The summed E-state index contributed by atoms with van der Waals surface area (Å²) in [5.41, 5.74) is 2.72. The molecule has 4 nitrogen and oxygen atoms in total. The minimum Gasteiger partial charge on any atom is -0.278 e. The summed E-state index contributed by atoms with van der Waals surface area (Å²) in [6.45, 7) is 0. The van der Waals surface area contributed by atoms with Gasteiger partial charge in [0.1, 0.15) is 17.4 Å². The molecule has 0 aliphatic heterocycles. The SMILES string of the molecule is N#Cc1ccccc1-n1c(CCl)nc2cc(Br)cnc21. The molecule has 0 amide bonds. The topological polar surface area (TPSA) is 54.5 Å². The van der Waals surface area contributed by atoms with Crippen LogP contribution in [0.1, 0.15) is 11.4 Å². The predicted octanol–water partition coefficient (Wildman–Crippen LogP) is 3.79. The Kier molecular flexibility index (Phi) is 3.43. The second-order valence-electron chi connectivity index (χ2n) is 4.12. The van der Waals surface area contributed by atoms with Crippen LogP contribution in [0.3, 0.4) is 0 Å². The summed E-state index contributed by atoms with van der Waals surface area (Å²) >= 11 is 9.36. The first-order valence-corrected chi connectivity index (χ1v) is 7.15. The van der Waals surface area contributed by atoms with Crippen LogP contribution in [0.4, 0.5) is 0 Å². The fourth-order valence-electron chi connectivity index (χ4n) is 2.09. The smallest absolute Gasteiger partial charge is 0.164 e. The normalized spacial score (nSPS) is 10.7. The molecule has 0 spiro atoms. The van der Waals surface area contributed by atoms with Crippen LogP contribution >= 0.6 is 27.5 Å². The van der Waals surface area contributed by atoms with Crippen molar-refractivity contribution in [2.24, 2.45) is 0 Å². The average Bonchev–Trinajstić information content (AvgIpc) is 2.84. The zero-order valence-corrected chi connectivity index (χ0v) is 12.6. The molecule has 3 aromatic rings. The lowest BCUT2D eigenvalue weighted by Crippen LogP contribution is -2.02. The highest BCUT2D eigenvalue weighted by Gasteiger charge is 2.15. The summed E-state index contributed by atoms with van der Waals surface area (Å²) in [6, 6.07) is 11.4. The molecule has 98 valence electrons. The van der Waals surface area contributed by atoms with Gasteiger partial charge in [0, 0.05) is 10.7 Å². The van der Waals surface area contributed by atoms with Gasteiger partial charge in [-0.25, -0.2) is 9.97 Å². The van der Waals surface area contributed by atoms with E-state index < -0.39 is 0 Å². The number of rotatable bonds is 2. The maximum absolute atomic E-state index is 9.25. The largest absolute Gasteiger partial charge is 0.278 e. The predicted molar refractivity (Wildman–Crippen MR) is 80.8 cm³/mol. The van der Waals surface area contributed by atoms with Crippen molar-refractivity contribution >= 4 is 38.7 Å². The van der Waals surface area contributed by atoms with Crippen molar-refractivity contribution in [2.75, 3.05) is 0 Å². The third-order valence-corrected chi connectivity index (χ3v) is 3.59. The molecule has 0 saturated carbocycles. The van der Waals surface area contributed by atoms with Gasteiger partial charge in [-0.1, -0.05) is 12.1 Å². The van der Waals surface area contributed by atoms with Gasteiger partial charge >= 0.3 is 0 Å². The summed E-state index contributed by atoms with van der Waals surface area (Å²) in [7, 11) is 0. The maximum atomic E-state index is 9.25. The number of para-hydroxylation sites is 1. The van der Waals surface area contributed by atoms with Crippen molar-refractivity contribution in [3.63, 3.8) is 0 Å². The van der Waals surface area contributed by atoms with Gasteiger partial charge in [-0.15, -0.1) is 11.6 Å². The van der Waals surface area contributed by atoms with E-state index in [1.54, 1.807) is 12.3 Å². The van der Waals surface area contributed by atoms with Gasteiger partial charge in [0.25, 0.3) is 0 Å². The third-order valence-electron chi connectivity index (χ3n) is 2.92. The second kappa shape index (κ2) is 5.23. The zero-order valence-electron chi connectivity index (χ0n) is 10.2. The average molecular weight is 348 g/mol. The number of halogens is 2. The minimum atomic E-state index is 0.244. The van der Waals surface area contributed by atoms with Crippen LogP contribution in [0.5, 0.6) is 0 Å². The van der Waals surface area contributed by atoms with Crippen molar-refractivity contribution in [2.45, 2.75) is 5.88 Å². The molecule has 6 heteroatoms. The molecule has 2 aromatic heterocycles. The molecular formula is C14H8BrClN4. The standard InChI is InChI=1S/C14H8BrClN4/c15-10-5-11-14(18-8-10)20(13(6-16)19-11)12-4-2-1-3-9(12)7-17/h1-5,8H,6H2. The molecule has 0 unspecified atom stereocenters. The number of fused-ring (bicyclic) bond motifs is 1. The fourth-order valence-corrected chi connectivity index (χ4v) is 2.59. The molecule has 0 saturated heterocycles. The van der Waals surface area contributed by atoms with Crippen LogP contribution in [0.15, 0.2) is 41.0 Å². The van der Waals surface area contributed by atoms with E-state index in [4.69, 9.17) is 11.6 Å². The number of aromatic nitrogens is 3. The van der Waals surface area contributed by atoms with E-state index in [0.717, 1.165) is 15.7 Å². The Morgan fingerprint density at radius 2 is 2.15 bits per heavy atom. The first-order valence-electron chi connectivity index (χ1n) is 5.83. The summed E-state index contributed by atoms with van der Waals surface area (Å²) in [4.78, 5) is 8.86. The molecule has 0 aliphatic carbocycles. The Morgan fingerprint density at radius 1 is 1.35 bits per heavy atom. The summed E-state index contributed by atoms with van der Waals surface area (Å²) < 4.78 is 2.68. The van der Waals surface area contributed by atoms with E-state index in [-0.39, 0.29) is 5.88 Å². The summed E-state index contributed by atoms with van der Waals surface area (Å²) in [6.07, 6.45) is 1.70.